The van der Waals surface area contributed by atoms with E-state index in [-0.39, 0.29) is 11.9 Å². The smallest absolute Gasteiger partial charge is 0.244 e. The number of aromatic amines is 1. The number of nitrogens with one attached hydrogen (secondary N) is 2. The van der Waals surface area contributed by atoms with Crippen molar-refractivity contribution in [1.29, 1.82) is 0 Å². The minimum Gasteiger partial charge on any atom is -0.354 e. The van der Waals surface area contributed by atoms with Crippen LogP contribution >= 0.6 is 0 Å². The van der Waals surface area contributed by atoms with Crippen molar-refractivity contribution < 1.29 is 4.79 Å². The van der Waals surface area contributed by atoms with Crippen LogP contribution in [0, 0.1) is 11.3 Å². The molecule has 0 bridgehead atoms. The molecule has 2 fully saturated rings. The highest BCUT2D eigenvalue weighted by atomic mass is 16.2. The zero-order valence-electron chi connectivity index (χ0n) is 14.7. The Bertz CT molecular complexity index is 712. The monoisotopic (exact) mass is 342 g/mol. The fourth-order valence-corrected chi connectivity index (χ4v) is 4.04. The molecule has 134 valence electrons. The number of aromatic nitrogens is 5. The molecule has 4 rings (SSSR count). The molecule has 2 aliphatic rings. The Balaban J connectivity index is 1.37. The average molecular weight is 342 g/mol. The maximum atomic E-state index is 12.6. The van der Waals surface area contributed by atoms with E-state index in [0.717, 1.165) is 23.7 Å². The van der Waals surface area contributed by atoms with Crippen molar-refractivity contribution >= 4 is 5.91 Å². The molecule has 1 atom stereocenters. The Hall–Kier alpha value is -2.18. The summed E-state index contributed by atoms with van der Waals surface area (Å²) in [7, 11) is 0. The number of hydrogen-bond acceptors (Lipinski definition) is 4. The molecule has 1 unspecified atom stereocenters. The normalized spacial score (nSPS) is 20.5. The van der Waals surface area contributed by atoms with Gasteiger partial charge >= 0.3 is 0 Å². The van der Waals surface area contributed by atoms with Crippen LogP contribution in [0.2, 0.25) is 0 Å². The summed E-state index contributed by atoms with van der Waals surface area (Å²) in [6, 6.07) is -0.368. The van der Waals surface area contributed by atoms with Crippen LogP contribution in [-0.2, 0) is 4.79 Å². The quantitative estimate of drug-likeness (QED) is 0.810. The molecular formula is C18H26N6O. The van der Waals surface area contributed by atoms with E-state index >= 15 is 0 Å². The first-order valence-electron chi connectivity index (χ1n) is 9.34. The maximum absolute atomic E-state index is 12.6. The van der Waals surface area contributed by atoms with Gasteiger partial charge in [0.25, 0.3) is 0 Å². The number of carbonyl (C=O) groups is 1. The first-order valence-corrected chi connectivity index (χ1v) is 9.34. The van der Waals surface area contributed by atoms with Crippen molar-refractivity contribution in [3.63, 3.8) is 0 Å². The summed E-state index contributed by atoms with van der Waals surface area (Å²) in [5, 5.41) is 18.1. The number of rotatable bonds is 7. The van der Waals surface area contributed by atoms with Crippen LogP contribution in [0.1, 0.15) is 57.9 Å². The Kier molecular flexibility index (Phi) is 4.31. The SMILES string of the molecule is CC(C(=O)NCC1(CC2CC2)CCCC1)n1cc(-c2cn[nH]c2)nn1. The van der Waals surface area contributed by atoms with Gasteiger partial charge in [0.15, 0.2) is 0 Å². The first kappa shape index (κ1) is 16.3. The number of hydrogen-bond donors (Lipinski definition) is 2. The van der Waals surface area contributed by atoms with Gasteiger partial charge in [-0.1, -0.05) is 30.9 Å². The predicted molar refractivity (Wildman–Crippen MR) is 93.6 cm³/mol. The topological polar surface area (TPSA) is 88.5 Å². The van der Waals surface area contributed by atoms with E-state index in [2.05, 4.69) is 25.8 Å². The zero-order chi connectivity index (χ0) is 17.3. The molecule has 7 heteroatoms. The molecule has 2 saturated carbocycles. The van der Waals surface area contributed by atoms with Crippen molar-refractivity contribution in [3.8, 4) is 11.3 Å². The molecule has 7 nitrogen and oxygen atoms in total. The molecular weight excluding hydrogens is 316 g/mol. The van der Waals surface area contributed by atoms with Gasteiger partial charge in [-0.15, -0.1) is 5.10 Å². The van der Waals surface area contributed by atoms with Crippen molar-refractivity contribution in [1.82, 2.24) is 30.5 Å². The third-order valence-corrected chi connectivity index (χ3v) is 5.80. The van der Waals surface area contributed by atoms with Crippen LogP contribution in [0.3, 0.4) is 0 Å². The van der Waals surface area contributed by atoms with Crippen LogP contribution in [0.5, 0.6) is 0 Å². The van der Waals surface area contributed by atoms with E-state index in [1.54, 1.807) is 23.3 Å². The van der Waals surface area contributed by atoms with E-state index in [9.17, 15) is 4.79 Å². The number of nitrogens with zero attached hydrogens (tertiary/aromatic N) is 4. The Morgan fingerprint density at radius 1 is 1.44 bits per heavy atom. The second-order valence-corrected chi connectivity index (χ2v) is 7.82. The fourth-order valence-electron chi connectivity index (χ4n) is 4.04. The van der Waals surface area contributed by atoms with Gasteiger partial charge in [0.05, 0.1) is 12.4 Å². The number of amides is 1. The largest absolute Gasteiger partial charge is 0.354 e. The van der Waals surface area contributed by atoms with E-state index < -0.39 is 0 Å². The van der Waals surface area contributed by atoms with E-state index in [4.69, 9.17) is 0 Å². The lowest BCUT2D eigenvalue weighted by molar-refractivity contribution is -0.124. The standard InChI is InChI=1S/C18H26N6O/c1-13(24-11-16(22-23-24)15-9-20-21-10-15)17(25)19-12-18(6-2-3-7-18)8-14-4-5-14/h9-11,13-14H,2-8,12H2,1H3,(H,19,25)(H,20,21). The fraction of sp³-hybridized carbons (Fsp3) is 0.667. The molecule has 2 aromatic heterocycles. The molecule has 2 heterocycles. The minimum atomic E-state index is -0.368. The van der Waals surface area contributed by atoms with Crippen molar-refractivity contribution in [2.45, 2.75) is 57.9 Å². The van der Waals surface area contributed by atoms with Crippen molar-refractivity contribution in [2.75, 3.05) is 6.54 Å². The average Bonchev–Trinajstić information content (AvgIpc) is 3.09. The number of carbonyl (C=O) groups excluding carboxylic acids is 1. The summed E-state index contributed by atoms with van der Waals surface area (Å²) in [6.07, 6.45) is 14.4. The van der Waals surface area contributed by atoms with Crippen LogP contribution in [-0.4, -0.2) is 37.6 Å². The van der Waals surface area contributed by atoms with Crippen LogP contribution in [0.25, 0.3) is 11.3 Å². The molecule has 0 saturated heterocycles. The molecule has 25 heavy (non-hydrogen) atoms. The van der Waals surface area contributed by atoms with E-state index in [0.29, 0.717) is 5.41 Å². The third kappa shape index (κ3) is 3.60. The van der Waals surface area contributed by atoms with Gasteiger partial charge in [-0.3, -0.25) is 9.89 Å². The molecule has 2 aliphatic carbocycles. The minimum absolute atomic E-state index is 0.0192. The van der Waals surface area contributed by atoms with Crippen LogP contribution in [0.15, 0.2) is 18.6 Å². The van der Waals surface area contributed by atoms with Gasteiger partial charge in [-0.05, 0) is 37.5 Å². The molecule has 0 aromatic carbocycles. The highest BCUT2D eigenvalue weighted by Gasteiger charge is 2.39. The van der Waals surface area contributed by atoms with E-state index in [1.807, 2.05) is 6.92 Å². The lowest BCUT2D eigenvalue weighted by Crippen LogP contribution is -2.39. The maximum Gasteiger partial charge on any atom is 0.244 e. The Morgan fingerprint density at radius 3 is 2.92 bits per heavy atom. The van der Waals surface area contributed by atoms with Crippen LogP contribution < -0.4 is 5.32 Å². The lowest BCUT2D eigenvalue weighted by atomic mass is 9.80. The van der Waals surface area contributed by atoms with Gasteiger partial charge < -0.3 is 5.32 Å². The molecule has 0 radical (unpaired) electrons. The van der Waals surface area contributed by atoms with E-state index in [1.165, 1.54) is 44.9 Å². The Labute approximate surface area is 147 Å². The highest BCUT2D eigenvalue weighted by Crippen LogP contribution is 2.48. The summed E-state index contributed by atoms with van der Waals surface area (Å²) in [4.78, 5) is 12.6. The van der Waals surface area contributed by atoms with Crippen molar-refractivity contribution in [2.24, 2.45) is 11.3 Å². The molecule has 2 N–H and O–H groups in total. The summed E-state index contributed by atoms with van der Waals surface area (Å²) in [5.41, 5.74) is 1.92. The second kappa shape index (κ2) is 6.61. The molecule has 0 aliphatic heterocycles. The van der Waals surface area contributed by atoms with Gasteiger partial charge in [0.1, 0.15) is 11.7 Å². The molecule has 0 spiro atoms. The second-order valence-electron chi connectivity index (χ2n) is 7.82. The predicted octanol–water partition coefficient (Wildman–Crippen LogP) is 2.71. The summed E-state index contributed by atoms with van der Waals surface area (Å²) >= 11 is 0. The Morgan fingerprint density at radius 2 is 2.24 bits per heavy atom. The summed E-state index contributed by atoms with van der Waals surface area (Å²) < 4.78 is 1.62. The van der Waals surface area contributed by atoms with Crippen LogP contribution in [0.4, 0.5) is 0 Å². The van der Waals surface area contributed by atoms with Gasteiger partial charge in [-0.2, -0.15) is 5.10 Å². The summed E-state index contributed by atoms with van der Waals surface area (Å²) in [6.45, 7) is 2.67. The lowest BCUT2D eigenvalue weighted by Gasteiger charge is -2.30. The summed E-state index contributed by atoms with van der Waals surface area (Å²) in [5.74, 6) is 0.922. The first-order chi connectivity index (χ1) is 12.2. The number of H-pyrrole nitrogens is 1. The zero-order valence-corrected chi connectivity index (χ0v) is 14.7. The van der Waals surface area contributed by atoms with Gasteiger partial charge in [0, 0.05) is 18.3 Å². The van der Waals surface area contributed by atoms with Gasteiger partial charge in [0.2, 0.25) is 5.91 Å². The molecule has 1 amide bonds. The molecule has 2 aromatic rings. The third-order valence-electron chi connectivity index (χ3n) is 5.80. The van der Waals surface area contributed by atoms with Gasteiger partial charge in [-0.25, -0.2) is 4.68 Å². The van der Waals surface area contributed by atoms with Crippen molar-refractivity contribution in [3.05, 3.63) is 18.6 Å². The highest BCUT2D eigenvalue weighted by molar-refractivity contribution is 5.79.